The molecule has 0 spiro atoms. The van der Waals surface area contributed by atoms with Gasteiger partial charge in [-0.05, 0) is 25.7 Å². The number of nitrogens with one attached hydrogen (secondary N) is 1. The van der Waals surface area contributed by atoms with E-state index >= 15 is 0 Å². The molecule has 0 amide bonds. The first kappa shape index (κ1) is 11.8. The summed E-state index contributed by atoms with van der Waals surface area (Å²) in [5.74, 6) is 0. The molecular formula is C9H16F3NO. The monoisotopic (exact) mass is 211 g/mol. The van der Waals surface area contributed by atoms with Crippen LogP contribution in [0.15, 0.2) is 0 Å². The van der Waals surface area contributed by atoms with Crippen LogP contribution in [-0.2, 0) is 4.74 Å². The predicted octanol–water partition coefficient (Wildman–Crippen LogP) is 2.10. The molecule has 1 N–H and O–H groups in total. The Bertz CT molecular complexity index is 164. The Morgan fingerprint density at radius 2 is 1.79 bits per heavy atom. The van der Waals surface area contributed by atoms with Gasteiger partial charge >= 0.3 is 6.18 Å². The molecule has 0 aromatic carbocycles. The van der Waals surface area contributed by atoms with Crippen LogP contribution in [0, 0.1) is 0 Å². The molecule has 0 aromatic heterocycles. The normalized spacial score (nSPS) is 29.1. The zero-order valence-corrected chi connectivity index (χ0v) is 8.23. The highest BCUT2D eigenvalue weighted by Crippen LogP contribution is 2.21. The van der Waals surface area contributed by atoms with Crippen LogP contribution < -0.4 is 5.32 Å². The van der Waals surface area contributed by atoms with E-state index in [-0.39, 0.29) is 12.1 Å². The Kier molecular flexibility index (Phi) is 4.19. The van der Waals surface area contributed by atoms with Crippen molar-refractivity contribution in [2.45, 2.75) is 44.0 Å². The van der Waals surface area contributed by atoms with Crippen LogP contribution in [0.3, 0.4) is 0 Å². The minimum absolute atomic E-state index is 0.00280. The van der Waals surface area contributed by atoms with Gasteiger partial charge in [0.2, 0.25) is 0 Å². The standard InChI is InChI=1S/C9H16F3NO/c1-14-8-4-2-7(3-5-8)13-6-9(10,11)12/h7-8,13H,2-6H2,1H3. The summed E-state index contributed by atoms with van der Waals surface area (Å²) in [7, 11) is 1.65. The third kappa shape index (κ3) is 4.28. The lowest BCUT2D eigenvalue weighted by Gasteiger charge is -2.28. The van der Waals surface area contributed by atoms with Crippen LogP contribution >= 0.6 is 0 Å². The lowest BCUT2D eigenvalue weighted by atomic mass is 9.93. The summed E-state index contributed by atoms with van der Waals surface area (Å²) in [4.78, 5) is 0. The highest BCUT2D eigenvalue weighted by atomic mass is 19.4. The molecule has 0 atom stereocenters. The maximum absolute atomic E-state index is 11.9. The highest BCUT2D eigenvalue weighted by Gasteiger charge is 2.29. The van der Waals surface area contributed by atoms with Crippen molar-refractivity contribution in [3.05, 3.63) is 0 Å². The third-order valence-electron chi connectivity index (χ3n) is 2.60. The van der Waals surface area contributed by atoms with Crippen molar-refractivity contribution < 1.29 is 17.9 Å². The Morgan fingerprint density at radius 3 is 2.21 bits per heavy atom. The molecule has 0 aromatic rings. The lowest BCUT2D eigenvalue weighted by Crippen LogP contribution is -2.40. The number of hydrogen-bond acceptors (Lipinski definition) is 2. The predicted molar refractivity (Wildman–Crippen MR) is 47.1 cm³/mol. The van der Waals surface area contributed by atoms with Crippen molar-refractivity contribution in [3.8, 4) is 0 Å². The van der Waals surface area contributed by atoms with Crippen molar-refractivity contribution in [1.29, 1.82) is 0 Å². The number of halogens is 3. The van der Waals surface area contributed by atoms with Gasteiger partial charge in [-0.25, -0.2) is 0 Å². The van der Waals surface area contributed by atoms with E-state index in [1.54, 1.807) is 7.11 Å². The summed E-state index contributed by atoms with van der Waals surface area (Å²) in [6.07, 6.45) is -0.613. The van der Waals surface area contributed by atoms with E-state index in [2.05, 4.69) is 5.32 Å². The molecule has 0 aliphatic heterocycles. The van der Waals surface area contributed by atoms with Gasteiger partial charge in [-0.1, -0.05) is 0 Å². The Labute approximate surface area is 81.8 Å². The molecule has 0 heterocycles. The minimum Gasteiger partial charge on any atom is -0.381 e. The minimum atomic E-state index is -4.10. The molecule has 1 saturated carbocycles. The molecule has 0 bridgehead atoms. The fourth-order valence-corrected chi connectivity index (χ4v) is 1.76. The van der Waals surface area contributed by atoms with Crippen molar-refractivity contribution >= 4 is 0 Å². The van der Waals surface area contributed by atoms with Crippen LogP contribution in [-0.4, -0.2) is 32.0 Å². The molecule has 0 radical (unpaired) electrons. The molecule has 14 heavy (non-hydrogen) atoms. The van der Waals surface area contributed by atoms with E-state index in [9.17, 15) is 13.2 Å². The Morgan fingerprint density at radius 1 is 1.21 bits per heavy atom. The largest absolute Gasteiger partial charge is 0.401 e. The van der Waals surface area contributed by atoms with Crippen molar-refractivity contribution in [2.24, 2.45) is 0 Å². The lowest BCUT2D eigenvalue weighted by molar-refractivity contribution is -0.127. The van der Waals surface area contributed by atoms with Gasteiger partial charge in [-0.15, -0.1) is 0 Å². The zero-order valence-electron chi connectivity index (χ0n) is 8.23. The molecule has 2 nitrogen and oxygen atoms in total. The van der Waals surface area contributed by atoms with Crippen LogP contribution in [0.1, 0.15) is 25.7 Å². The van der Waals surface area contributed by atoms with Crippen LogP contribution in [0.25, 0.3) is 0 Å². The van der Waals surface area contributed by atoms with Crippen LogP contribution in [0.2, 0.25) is 0 Å². The molecule has 1 aliphatic rings. The smallest absolute Gasteiger partial charge is 0.381 e. The van der Waals surface area contributed by atoms with Crippen LogP contribution in [0.5, 0.6) is 0 Å². The zero-order chi connectivity index (χ0) is 10.6. The Hall–Kier alpha value is -0.290. The molecular weight excluding hydrogens is 195 g/mol. The molecule has 0 saturated heterocycles. The van der Waals surface area contributed by atoms with Crippen molar-refractivity contribution in [3.63, 3.8) is 0 Å². The van der Waals surface area contributed by atoms with E-state index in [0.29, 0.717) is 0 Å². The van der Waals surface area contributed by atoms with Gasteiger partial charge in [0.15, 0.2) is 0 Å². The maximum atomic E-state index is 11.9. The van der Waals surface area contributed by atoms with Gasteiger partial charge in [0, 0.05) is 13.2 Å². The summed E-state index contributed by atoms with van der Waals surface area (Å²) >= 11 is 0. The second-order valence-corrected chi connectivity index (χ2v) is 3.71. The van der Waals surface area contributed by atoms with E-state index < -0.39 is 12.7 Å². The second kappa shape index (κ2) is 4.98. The average Bonchev–Trinajstić information content (AvgIpc) is 2.14. The number of ether oxygens (including phenoxy) is 1. The maximum Gasteiger partial charge on any atom is 0.401 e. The number of methoxy groups -OCH3 is 1. The molecule has 0 unspecified atom stereocenters. The van der Waals surface area contributed by atoms with Gasteiger partial charge in [0.1, 0.15) is 0 Å². The molecule has 1 rings (SSSR count). The first-order valence-corrected chi connectivity index (χ1v) is 4.84. The van der Waals surface area contributed by atoms with E-state index in [0.717, 1.165) is 25.7 Å². The van der Waals surface area contributed by atoms with E-state index in [1.165, 1.54) is 0 Å². The van der Waals surface area contributed by atoms with Gasteiger partial charge in [0.05, 0.1) is 12.6 Å². The quantitative estimate of drug-likeness (QED) is 0.771. The topological polar surface area (TPSA) is 21.3 Å². The second-order valence-electron chi connectivity index (χ2n) is 3.71. The van der Waals surface area contributed by atoms with Crippen molar-refractivity contribution in [1.82, 2.24) is 5.32 Å². The SMILES string of the molecule is COC1CCC(NCC(F)(F)F)CC1. The number of alkyl halides is 3. The molecule has 1 fully saturated rings. The Balaban J connectivity index is 2.16. The van der Waals surface area contributed by atoms with Crippen LogP contribution in [0.4, 0.5) is 13.2 Å². The molecule has 5 heteroatoms. The number of rotatable bonds is 3. The van der Waals surface area contributed by atoms with Gasteiger partial charge < -0.3 is 10.1 Å². The average molecular weight is 211 g/mol. The van der Waals surface area contributed by atoms with E-state index in [1.807, 2.05) is 0 Å². The first-order valence-electron chi connectivity index (χ1n) is 4.84. The summed E-state index contributed by atoms with van der Waals surface area (Å²) < 4.78 is 40.7. The van der Waals surface area contributed by atoms with Gasteiger partial charge in [-0.2, -0.15) is 13.2 Å². The fraction of sp³-hybridized carbons (Fsp3) is 1.00. The summed E-state index contributed by atoms with van der Waals surface area (Å²) in [5, 5.41) is 2.53. The van der Waals surface area contributed by atoms with Gasteiger partial charge in [-0.3, -0.25) is 0 Å². The fourth-order valence-electron chi connectivity index (χ4n) is 1.76. The summed E-state index contributed by atoms with van der Waals surface area (Å²) in [5.41, 5.74) is 0. The summed E-state index contributed by atoms with van der Waals surface area (Å²) in [6, 6.07) is 0.00280. The van der Waals surface area contributed by atoms with E-state index in [4.69, 9.17) is 4.74 Å². The third-order valence-corrected chi connectivity index (χ3v) is 2.60. The number of hydrogen-bond donors (Lipinski definition) is 1. The molecule has 1 aliphatic carbocycles. The first-order chi connectivity index (χ1) is 6.51. The summed E-state index contributed by atoms with van der Waals surface area (Å²) in [6.45, 7) is -0.880. The van der Waals surface area contributed by atoms with Crippen molar-refractivity contribution in [2.75, 3.05) is 13.7 Å². The van der Waals surface area contributed by atoms with Gasteiger partial charge in [0.25, 0.3) is 0 Å². The highest BCUT2D eigenvalue weighted by molar-refractivity contribution is 4.78. The molecule has 84 valence electrons.